The SMILES string of the molecule is NC(=S)CCN(c1ccccc1)c1ccccn1. The second-order valence-electron chi connectivity index (χ2n) is 3.89. The largest absolute Gasteiger partial charge is 0.393 e. The van der Waals surface area contributed by atoms with Gasteiger partial charge in [0, 0.05) is 24.8 Å². The van der Waals surface area contributed by atoms with Crippen molar-refractivity contribution >= 4 is 28.7 Å². The van der Waals surface area contributed by atoms with E-state index < -0.39 is 0 Å². The van der Waals surface area contributed by atoms with E-state index in [0.29, 0.717) is 11.4 Å². The van der Waals surface area contributed by atoms with Crippen LogP contribution in [-0.2, 0) is 0 Å². The summed E-state index contributed by atoms with van der Waals surface area (Å²) in [6, 6.07) is 16.0. The molecule has 0 aliphatic carbocycles. The lowest BCUT2D eigenvalue weighted by Crippen LogP contribution is -2.23. The highest BCUT2D eigenvalue weighted by atomic mass is 32.1. The predicted molar refractivity (Wildman–Crippen MR) is 79.1 cm³/mol. The van der Waals surface area contributed by atoms with Crippen LogP contribution in [0.2, 0.25) is 0 Å². The van der Waals surface area contributed by atoms with Crippen LogP contribution in [0.5, 0.6) is 0 Å². The Morgan fingerprint density at radius 3 is 2.44 bits per heavy atom. The topological polar surface area (TPSA) is 42.1 Å². The Morgan fingerprint density at radius 1 is 1.11 bits per heavy atom. The van der Waals surface area contributed by atoms with E-state index in [0.717, 1.165) is 18.1 Å². The van der Waals surface area contributed by atoms with Gasteiger partial charge in [0.25, 0.3) is 0 Å². The van der Waals surface area contributed by atoms with Gasteiger partial charge in [-0.1, -0.05) is 36.5 Å². The van der Waals surface area contributed by atoms with Crippen molar-refractivity contribution in [1.29, 1.82) is 0 Å². The number of hydrogen-bond donors (Lipinski definition) is 1. The van der Waals surface area contributed by atoms with E-state index in [1.165, 1.54) is 0 Å². The summed E-state index contributed by atoms with van der Waals surface area (Å²) in [7, 11) is 0. The maximum Gasteiger partial charge on any atom is 0.132 e. The summed E-state index contributed by atoms with van der Waals surface area (Å²) in [6.07, 6.45) is 2.45. The van der Waals surface area contributed by atoms with Crippen molar-refractivity contribution in [2.45, 2.75) is 6.42 Å². The zero-order chi connectivity index (χ0) is 12.8. The summed E-state index contributed by atoms with van der Waals surface area (Å²) in [4.78, 5) is 7.01. The van der Waals surface area contributed by atoms with Crippen molar-refractivity contribution in [3.63, 3.8) is 0 Å². The standard InChI is InChI=1S/C14H15N3S/c15-13(18)9-11-17(12-6-2-1-3-7-12)14-8-4-5-10-16-14/h1-8,10H,9,11H2,(H2,15,18). The molecule has 0 unspecified atom stereocenters. The molecule has 0 amide bonds. The van der Waals surface area contributed by atoms with Gasteiger partial charge < -0.3 is 10.6 Å². The van der Waals surface area contributed by atoms with Crippen molar-refractivity contribution in [2.24, 2.45) is 5.73 Å². The van der Waals surface area contributed by atoms with Gasteiger partial charge in [-0.25, -0.2) is 4.98 Å². The number of nitrogens with zero attached hydrogens (tertiary/aromatic N) is 2. The van der Waals surface area contributed by atoms with Gasteiger partial charge in [-0.05, 0) is 24.3 Å². The predicted octanol–water partition coefficient (Wildman–Crippen LogP) is 2.90. The highest BCUT2D eigenvalue weighted by Gasteiger charge is 2.09. The summed E-state index contributed by atoms with van der Waals surface area (Å²) < 4.78 is 0. The third-order valence-corrected chi connectivity index (χ3v) is 2.78. The van der Waals surface area contributed by atoms with Crippen molar-refractivity contribution in [3.8, 4) is 0 Å². The van der Waals surface area contributed by atoms with Crippen LogP contribution in [0, 0.1) is 0 Å². The van der Waals surface area contributed by atoms with E-state index in [1.807, 2.05) is 48.5 Å². The zero-order valence-electron chi connectivity index (χ0n) is 9.99. The van der Waals surface area contributed by atoms with Crippen LogP contribution in [0.1, 0.15) is 6.42 Å². The molecule has 0 fully saturated rings. The second kappa shape index (κ2) is 6.12. The molecule has 1 aromatic carbocycles. The first-order chi connectivity index (χ1) is 8.77. The van der Waals surface area contributed by atoms with Crippen LogP contribution in [0.25, 0.3) is 0 Å². The highest BCUT2D eigenvalue weighted by molar-refractivity contribution is 7.80. The molecule has 2 N–H and O–H groups in total. The van der Waals surface area contributed by atoms with Crippen LogP contribution in [0.15, 0.2) is 54.7 Å². The average molecular weight is 257 g/mol. The maximum atomic E-state index is 5.58. The van der Waals surface area contributed by atoms with E-state index >= 15 is 0 Å². The van der Waals surface area contributed by atoms with Crippen LogP contribution in [0.4, 0.5) is 11.5 Å². The smallest absolute Gasteiger partial charge is 0.132 e. The molecule has 0 bridgehead atoms. The second-order valence-corrected chi connectivity index (χ2v) is 4.42. The number of benzene rings is 1. The molecule has 4 heteroatoms. The molecule has 2 rings (SSSR count). The first-order valence-electron chi connectivity index (χ1n) is 5.79. The monoisotopic (exact) mass is 257 g/mol. The minimum atomic E-state index is 0.520. The quantitative estimate of drug-likeness (QED) is 0.836. The zero-order valence-corrected chi connectivity index (χ0v) is 10.8. The van der Waals surface area contributed by atoms with E-state index in [-0.39, 0.29) is 0 Å². The molecule has 0 spiro atoms. The maximum absolute atomic E-state index is 5.58. The van der Waals surface area contributed by atoms with Gasteiger partial charge in [-0.15, -0.1) is 0 Å². The summed E-state index contributed by atoms with van der Waals surface area (Å²) in [5.74, 6) is 0.903. The van der Waals surface area contributed by atoms with Crippen LogP contribution >= 0.6 is 12.2 Å². The number of thiocarbonyl (C=S) groups is 1. The number of para-hydroxylation sites is 1. The van der Waals surface area contributed by atoms with E-state index in [2.05, 4.69) is 9.88 Å². The van der Waals surface area contributed by atoms with Crippen molar-refractivity contribution in [3.05, 3.63) is 54.7 Å². The molecule has 1 heterocycles. The van der Waals surface area contributed by atoms with Crippen LogP contribution in [0.3, 0.4) is 0 Å². The fraction of sp³-hybridized carbons (Fsp3) is 0.143. The molecular formula is C14H15N3S. The van der Waals surface area contributed by atoms with Gasteiger partial charge in [0.15, 0.2) is 0 Å². The number of aromatic nitrogens is 1. The van der Waals surface area contributed by atoms with Crippen LogP contribution < -0.4 is 10.6 Å². The summed E-state index contributed by atoms with van der Waals surface area (Å²) >= 11 is 4.94. The van der Waals surface area contributed by atoms with Gasteiger partial charge in [0.05, 0.1) is 4.99 Å². The number of nitrogens with two attached hydrogens (primary N) is 1. The molecule has 2 aromatic rings. The highest BCUT2D eigenvalue weighted by Crippen LogP contribution is 2.22. The van der Waals surface area contributed by atoms with Crippen LogP contribution in [-0.4, -0.2) is 16.5 Å². The molecule has 18 heavy (non-hydrogen) atoms. The third-order valence-electron chi connectivity index (χ3n) is 2.58. The Kier molecular flexibility index (Phi) is 4.25. The third kappa shape index (κ3) is 3.28. The van der Waals surface area contributed by atoms with E-state index in [1.54, 1.807) is 6.20 Å². The minimum absolute atomic E-state index is 0.520. The summed E-state index contributed by atoms with van der Waals surface area (Å²) in [5.41, 5.74) is 6.67. The number of pyridine rings is 1. The fourth-order valence-electron chi connectivity index (χ4n) is 1.72. The van der Waals surface area contributed by atoms with Gasteiger partial charge in [-0.3, -0.25) is 0 Å². The number of hydrogen-bond acceptors (Lipinski definition) is 3. The first-order valence-corrected chi connectivity index (χ1v) is 6.20. The molecule has 0 atom stereocenters. The van der Waals surface area contributed by atoms with Gasteiger partial charge in [0.2, 0.25) is 0 Å². The number of anilines is 2. The van der Waals surface area contributed by atoms with E-state index in [4.69, 9.17) is 18.0 Å². The van der Waals surface area contributed by atoms with Gasteiger partial charge in [-0.2, -0.15) is 0 Å². The molecule has 0 radical (unpaired) electrons. The number of rotatable bonds is 5. The first kappa shape index (κ1) is 12.5. The Morgan fingerprint density at radius 2 is 1.83 bits per heavy atom. The van der Waals surface area contributed by atoms with Crippen molar-refractivity contribution < 1.29 is 0 Å². The lowest BCUT2D eigenvalue weighted by molar-refractivity contribution is 0.944. The van der Waals surface area contributed by atoms with Gasteiger partial charge >= 0.3 is 0 Å². The molecule has 0 saturated carbocycles. The van der Waals surface area contributed by atoms with Crippen molar-refractivity contribution in [1.82, 2.24) is 4.98 Å². The lowest BCUT2D eigenvalue weighted by atomic mass is 10.2. The minimum Gasteiger partial charge on any atom is -0.393 e. The molecule has 0 saturated heterocycles. The van der Waals surface area contributed by atoms with E-state index in [9.17, 15) is 0 Å². The Balaban J connectivity index is 2.26. The molecule has 0 aliphatic rings. The molecular weight excluding hydrogens is 242 g/mol. The molecule has 0 aliphatic heterocycles. The normalized spacial score (nSPS) is 10.0. The fourth-order valence-corrected chi connectivity index (χ4v) is 1.81. The molecule has 1 aromatic heterocycles. The summed E-state index contributed by atoms with van der Waals surface area (Å²) in [5, 5.41) is 0. The Labute approximate surface area is 112 Å². The average Bonchev–Trinajstić information content (AvgIpc) is 2.41. The van der Waals surface area contributed by atoms with Gasteiger partial charge in [0.1, 0.15) is 5.82 Å². The molecule has 92 valence electrons. The Bertz CT molecular complexity index is 459. The van der Waals surface area contributed by atoms with Crippen molar-refractivity contribution in [2.75, 3.05) is 11.4 Å². The lowest BCUT2D eigenvalue weighted by Gasteiger charge is -2.23. The summed E-state index contributed by atoms with van der Waals surface area (Å²) in [6.45, 7) is 0.732. The molecule has 3 nitrogen and oxygen atoms in total. The Hall–Kier alpha value is -1.94.